The SMILES string of the molecule is Cc1cc(NC(=O)NC2c3cc(F)c(F)cc3C(C)(C)C[C@H]2O)c(-c2ccccc2)nc1C#N. The van der Waals surface area contributed by atoms with E-state index in [0.29, 0.717) is 33.6 Å². The van der Waals surface area contributed by atoms with Crippen LogP contribution in [0.15, 0.2) is 48.5 Å². The Morgan fingerprint density at radius 1 is 1.18 bits per heavy atom. The van der Waals surface area contributed by atoms with Crippen molar-refractivity contribution >= 4 is 11.7 Å². The third kappa shape index (κ3) is 4.35. The van der Waals surface area contributed by atoms with E-state index in [1.165, 1.54) is 0 Å². The van der Waals surface area contributed by atoms with Crippen molar-refractivity contribution in [1.82, 2.24) is 10.3 Å². The van der Waals surface area contributed by atoms with Gasteiger partial charge in [0.05, 0.1) is 23.5 Å². The second kappa shape index (κ2) is 8.84. The number of carbonyl (C=O) groups excluding carboxylic acids is 1. The molecule has 4 rings (SSSR count). The lowest BCUT2D eigenvalue weighted by atomic mass is 9.69. The predicted molar refractivity (Wildman–Crippen MR) is 124 cm³/mol. The molecular formula is C26H24F2N4O2. The van der Waals surface area contributed by atoms with Crippen molar-refractivity contribution in [2.24, 2.45) is 0 Å². The summed E-state index contributed by atoms with van der Waals surface area (Å²) in [6.45, 7) is 5.38. The van der Waals surface area contributed by atoms with Gasteiger partial charge >= 0.3 is 6.03 Å². The second-order valence-corrected chi connectivity index (χ2v) is 9.11. The van der Waals surface area contributed by atoms with Gasteiger partial charge < -0.3 is 15.7 Å². The summed E-state index contributed by atoms with van der Waals surface area (Å²) in [6, 6.07) is 13.4. The summed E-state index contributed by atoms with van der Waals surface area (Å²) in [5.74, 6) is -2.02. The van der Waals surface area contributed by atoms with E-state index < -0.39 is 35.2 Å². The zero-order valence-electron chi connectivity index (χ0n) is 19.0. The van der Waals surface area contributed by atoms with Gasteiger partial charge in [-0.15, -0.1) is 0 Å². The first-order valence-electron chi connectivity index (χ1n) is 10.8. The molecule has 2 aromatic carbocycles. The lowest BCUT2D eigenvalue weighted by molar-refractivity contribution is 0.0878. The number of aliphatic hydroxyl groups excluding tert-OH is 1. The maximum atomic E-state index is 14.1. The van der Waals surface area contributed by atoms with Crippen molar-refractivity contribution in [3.05, 3.63) is 82.5 Å². The normalized spacial score (nSPS) is 18.5. The first kappa shape index (κ1) is 23.3. The maximum Gasteiger partial charge on any atom is 0.319 e. The van der Waals surface area contributed by atoms with E-state index in [4.69, 9.17) is 0 Å². The number of hydrogen-bond acceptors (Lipinski definition) is 4. The lowest BCUT2D eigenvalue weighted by Crippen LogP contribution is -2.45. The van der Waals surface area contributed by atoms with Crippen LogP contribution in [0.4, 0.5) is 19.3 Å². The Labute approximate surface area is 196 Å². The van der Waals surface area contributed by atoms with Crippen molar-refractivity contribution < 1.29 is 18.7 Å². The van der Waals surface area contributed by atoms with Gasteiger partial charge in [-0.2, -0.15) is 5.26 Å². The molecule has 1 unspecified atom stereocenters. The molecule has 1 aromatic heterocycles. The van der Waals surface area contributed by atoms with Gasteiger partial charge in [-0.05, 0) is 53.6 Å². The Morgan fingerprint density at radius 3 is 2.53 bits per heavy atom. The van der Waals surface area contributed by atoms with Crippen molar-refractivity contribution in [3.63, 3.8) is 0 Å². The van der Waals surface area contributed by atoms with E-state index >= 15 is 0 Å². The first-order chi connectivity index (χ1) is 16.1. The highest BCUT2D eigenvalue weighted by Gasteiger charge is 2.40. The van der Waals surface area contributed by atoms with E-state index in [9.17, 15) is 23.9 Å². The van der Waals surface area contributed by atoms with Gasteiger partial charge in [-0.3, -0.25) is 0 Å². The second-order valence-electron chi connectivity index (χ2n) is 9.11. The number of aromatic nitrogens is 1. The van der Waals surface area contributed by atoms with Crippen LogP contribution in [0.5, 0.6) is 0 Å². The number of anilines is 1. The number of aryl methyl sites for hydroxylation is 1. The van der Waals surface area contributed by atoms with Crippen molar-refractivity contribution in [1.29, 1.82) is 5.26 Å². The number of nitriles is 1. The number of nitrogens with zero attached hydrogens (tertiary/aromatic N) is 2. The number of aliphatic hydroxyl groups is 1. The first-order valence-corrected chi connectivity index (χ1v) is 10.8. The Balaban J connectivity index is 1.67. The number of fused-ring (bicyclic) bond motifs is 1. The summed E-state index contributed by atoms with van der Waals surface area (Å²) in [4.78, 5) is 17.4. The topological polar surface area (TPSA) is 98.0 Å². The molecule has 174 valence electrons. The molecule has 3 aromatic rings. The fraction of sp³-hybridized carbons (Fsp3) is 0.269. The lowest BCUT2D eigenvalue weighted by Gasteiger charge is -2.40. The molecule has 1 aliphatic carbocycles. The summed E-state index contributed by atoms with van der Waals surface area (Å²) in [5, 5.41) is 25.6. The number of pyridine rings is 1. The standard InChI is InChI=1S/C26H24F2N4O2/c1-14-9-20(23(30-21(14)13-29)15-7-5-4-6-8-15)31-25(34)32-24-16-10-18(27)19(28)11-17(16)26(2,3)12-22(24)33/h4-11,22,24,33H,12H2,1-3H3,(H2,31,32,34)/t22-,24?/m1/s1. The van der Waals surface area contributed by atoms with Gasteiger partial charge in [0.2, 0.25) is 0 Å². The average Bonchev–Trinajstić information content (AvgIpc) is 2.78. The van der Waals surface area contributed by atoms with E-state index in [2.05, 4.69) is 15.6 Å². The van der Waals surface area contributed by atoms with Gasteiger partial charge in [0, 0.05) is 5.56 Å². The molecule has 0 spiro atoms. The molecule has 2 atom stereocenters. The monoisotopic (exact) mass is 462 g/mol. The Hall–Kier alpha value is -3.83. The predicted octanol–water partition coefficient (Wildman–Crippen LogP) is 5.11. The number of hydrogen-bond donors (Lipinski definition) is 3. The van der Waals surface area contributed by atoms with E-state index in [0.717, 1.165) is 12.1 Å². The third-order valence-electron chi connectivity index (χ3n) is 6.16. The molecular weight excluding hydrogens is 438 g/mol. The molecule has 1 heterocycles. The van der Waals surface area contributed by atoms with Crippen LogP contribution in [0, 0.1) is 29.9 Å². The summed E-state index contributed by atoms with van der Waals surface area (Å²) in [7, 11) is 0. The minimum Gasteiger partial charge on any atom is -0.391 e. The highest BCUT2D eigenvalue weighted by atomic mass is 19.2. The minimum atomic E-state index is -1.05. The number of nitrogens with one attached hydrogen (secondary N) is 2. The average molecular weight is 463 g/mol. The molecule has 8 heteroatoms. The highest BCUT2D eigenvalue weighted by Crippen LogP contribution is 2.42. The van der Waals surface area contributed by atoms with Crippen LogP contribution in [0.3, 0.4) is 0 Å². The number of benzene rings is 2. The van der Waals surface area contributed by atoms with Crippen LogP contribution in [-0.4, -0.2) is 22.2 Å². The van der Waals surface area contributed by atoms with Crippen LogP contribution in [0.1, 0.15) is 48.7 Å². The number of amides is 2. The fourth-order valence-electron chi connectivity index (χ4n) is 4.48. The van der Waals surface area contributed by atoms with Gasteiger partial charge in [0.1, 0.15) is 11.8 Å². The number of carbonyl (C=O) groups is 1. The number of urea groups is 1. The molecule has 3 N–H and O–H groups in total. The highest BCUT2D eigenvalue weighted by molar-refractivity contribution is 5.94. The van der Waals surface area contributed by atoms with Crippen LogP contribution in [-0.2, 0) is 5.41 Å². The zero-order valence-corrected chi connectivity index (χ0v) is 19.0. The van der Waals surface area contributed by atoms with Crippen molar-refractivity contribution in [2.75, 3.05) is 5.32 Å². The fourth-order valence-corrected chi connectivity index (χ4v) is 4.48. The van der Waals surface area contributed by atoms with Crippen LogP contribution < -0.4 is 10.6 Å². The zero-order chi connectivity index (χ0) is 24.6. The van der Waals surface area contributed by atoms with Crippen molar-refractivity contribution in [3.8, 4) is 17.3 Å². The number of halogens is 2. The number of rotatable bonds is 3. The van der Waals surface area contributed by atoms with E-state index in [1.54, 1.807) is 13.0 Å². The molecule has 0 aliphatic heterocycles. The van der Waals surface area contributed by atoms with E-state index in [-0.39, 0.29) is 12.1 Å². The minimum absolute atomic E-state index is 0.237. The Morgan fingerprint density at radius 2 is 1.85 bits per heavy atom. The molecule has 0 saturated heterocycles. The van der Waals surface area contributed by atoms with Crippen LogP contribution in [0.25, 0.3) is 11.3 Å². The molecule has 0 fully saturated rings. The largest absolute Gasteiger partial charge is 0.391 e. The molecule has 6 nitrogen and oxygen atoms in total. The Bertz CT molecular complexity index is 1300. The van der Waals surface area contributed by atoms with E-state index in [1.807, 2.05) is 50.2 Å². The summed E-state index contributed by atoms with van der Waals surface area (Å²) in [5.41, 5.74) is 2.57. The quantitative estimate of drug-likeness (QED) is 0.504. The molecule has 0 bridgehead atoms. The smallest absolute Gasteiger partial charge is 0.319 e. The third-order valence-corrected chi connectivity index (χ3v) is 6.16. The Kier molecular flexibility index (Phi) is 6.07. The van der Waals surface area contributed by atoms with Crippen molar-refractivity contribution in [2.45, 2.75) is 44.8 Å². The van der Waals surface area contributed by atoms with Gasteiger partial charge in [0.25, 0.3) is 0 Å². The summed E-state index contributed by atoms with van der Waals surface area (Å²) >= 11 is 0. The van der Waals surface area contributed by atoms with Crippen LogP contribution in [0.2, 0.25) is 0 Å². The van der Waals surface area contributed by atoms with Gasteiger partial charge in [-0.25, -0.2) is 18.6 Å². The van der Waals surface area contributed by atoms with Gasteiger partial charge in [-0.1, -0.05) is 44.2 Å². The molecule has 34 heavy (non-hydrogen) atoms. The molecule has 0 radical (unpaired) electrons. The summed E-state index contributed by atoms with van der Waals surface area (Å²) < 4.78 is 28.0. The molecule has 2 amide bonds. The maximum absolute atomic E-state index is 14.1. The van der Waals surface area contributed by atoms with Gasteiger partial charge in [0.15, 0.2) is 11.6 Å². The molecule has 1 aliphatic rings. The molecule has 0 saturated carbocycles. The summed E-state index contributed by atoms with van der Waals surface area (Å²) in [6.07, 6.45) is -0.754. The van der Waals surface area contributed by atoms with Crippen LogP contribution >= 0.6 is 0 Å².